The maximum atomic E-state index is 13.4. The number of carbonyl (C=O) groups is 3. The lowest BCUT2D eigenvalue weighted by molar-refractivity contribution is -0.139. The van der Waals surface area contributed by atoms with E-state index >= 15 is 0 Å². The molecular formula is C26H34N4O3. The van der Waals surface area contributed by atoms with Crippen LogP contribution in [0.15, 0.2) is 18.5 Å². The molecule has 5 rings (SSSR count). The molecular weight excluding hydrogens is 416 g/mol. The third-order valence-electron chi connectivity index (χ3n) is 8.40. The van der Waals surface area contributed by atoms with Crippen molar-refractivity contribution >= 4 is 28.4 Å². The topological polar surface area (TPSA) is 85.2 Å². The predicted molar refractivity (Wildman–Crippen MR) is 125 cm³/mol. The maximum absolute atomic E-state index is 13.4. The van der Waals surface area contributed by atoms with Crippen molar-refractivity contribution in [1.29, 1.82) is 0 Å². The van der Waals surface area contributed by atoms with E-state index in [-0.39, 0.29) is 36.1 Å². The van der Waals surface area contributed by atoms with Crippen LogP contribution in [0.1, 0.15) is 82.6 Å². The van der Waals surface area contributed by atoms with Crippen molar-refractivity contribution in [3.8, 4) is 0 Å². The zero-order valence-electron chi connectivity index (χ0n) is 19.9. The molecule has 4 atom stereocenters. The molecule has 2 aromatic heterocycles. The van der Waals surface area contributed by atoms with Gasteiger partial charge in [0.15, 0.2) is 11.6 Å². The third-order valence-corrected chi connectivity index (χ3v) is 8.40. The molecule has 1 saturated heterocycles. The summed E-state index contributed by atoms with van der Waals surface area (Å²) in [6, 6.07) is 1.64. The number of fused-ring (bicyclic) bond motifs is 2. The molecule has 1 amide bonds. The monoisotopic (exact) mass is 450 g/mol. The van der Waals surface area contributed by atoms with Crippen LogP contribution in [0.4, 0.5) is 0 Å². The van der Waals surface area contributed by atoms with Crippen molar-refractivity contribution in [2.45, 2.75) is 90.8 Å². The van der Waals surface area contributed by atoms with E-state index in [1.54, 1.807) is 23.1 Å². The fourth-order valence-electron chi connectivity index (χ4n) is 6.30. The Morgan fingerprint density at radius 3 is 2.76 bits per heavy atom. The van der Waals surface area contributed by atoms with Gasteiger partial charge in [-0.2, -0.15) is 5.10 Å². The van der Waals surface area contributed by atoms with Crippen LogP contribution in [0.25, 0.3) is 10.9 Å². The van der Waals surface area contributed by atoms with Gasteiger partial charge in [0.05, 0.1) is 17.8 Å². The molecule has 2 aliphatic carbocycles. The SMILES string of the molecule is CC(=O)c1nn(CC(=O)N2[C@@H]3C[C@@H]3C[C@H]2C(=O)CCC2CCCCC2(C)C)c2cnccc12. The summed E-state index contributed by atoms with van der Waals surface area (Å²) >= 11 is 0. The zero-order valence-corrected chi connectivity index (χ0v) is 19.9. The second-order valence-corrected chi connectivity index (χ2v) is 11.0. The molecule has 2 saturated carbocycles. The Labute approximate surface area is 194 Å². The molecule has 176 valence electrons. The highest BCUT2D eigenvalue weighted by atomic mass is 16.2. The number of likely N-dealkylation sites (tertiary alicyclic amines) is 1. The van der Waals surface area contributed by atoms with E-state index in [1.165, 1.54) is 32.6 Å². The van der Waals surface area contributed by atoms with E-state index in [0.717, 1.165) is 19.3 Å². The van der Waals surface area contributed by atoms with Gasteiger partial charge in [-0.05, 0) is 55.4 Å². The number of aromatic nitrogens is 3. The standard InChI is InChI=1S/C26H34N4O3/c1-16(31)25-19-9-11-27-14-22(19)29(28-25)15-24(33)30-20-12-17(20)13-21(30)23(32)8-7-18-6-4-5-10-26(18,2)3/h9,11,14,17-18,20-21H,4-8,10,12-13,15H2,1-3H3/t17-,18?,20-,21+/m1/s1. The molecule has 2 aromatic rings. The lowest BCUT2D eigenvalue weighted by Crippen LogP contribution is -2.45. The van der Waals surface area contributed by atoms with Gasteiger partial charge in [0.2, 0.25) is 5.91 Å². The molecule has 0 N–H and O–H groups in total. The zero-order chi connectivity index (χ0) is 23.3. The molecule has 3 heterocycles. The van der Waals surface area contributed by atoms with Crippen LogP contribution < -0.4 is 0 Å². The molecule has 0 spiro atoms. The first-order chi connectivity index (χ1) is 15.8. The van der Waals surface area contributed by atoms with Gasteiger partial charge in [-0.15, -0.1) is 0 Å². The number of hydrogen-bond acceptors (Lipinski definition) is 5. The second kappa shape index (κ2) is 8.33. The summed E-state index contributed by atoms with van der Waals surface area (Å²) in [6.07, 6.45) is 11.5. The molecule has 3 aliphatic rings. The Bertz CT molecular complexity index is 1100. The number of pyridine rings is 1. The van der Waals surface area contributed by atoms with Crippen molar-refractivity contribution in [1.82, 2.24) is 19.7 Å². The maximum Gasteiger partial charge on any atom is 0.245 e. The Kier molecular flexibility index (Phi) is 5.61. The largest absolute Gasteiger partial charge is 0.328 e. The molecule has 0 radical (unpaired) electrons. The number of rotatable bonds is 7. The Morgan fingerprint density at radius 2 is 2.00 bits per heavy atom. The lowest BCUT2D eigenvalue weighted by Gasteiger charge is -2.39. The van der Waals surface area contributed by atoms with Gasteiger partial charge in [0.25, 0.3) is 0 Å². The van der Waals surface area contributed by atoms with Gasteiger partial charge in [-0.25, -0.2) is 0 Å². The number of ketones is 2. The molecule has 0 aromatic carbocycles. The van der Waals surface area contributed by atoms with E-state index < -0.39 is 0 Å². The number of piperidine rings is 1. The first-order valence-electron chi connectivity index (χ1n) is 12.4. The second-order valence-electron chi connectivity index (χ2n) is 11.0. The lowest BCUT2D eigenvalue weighted by atomic mass is 9.67. The summed E-state index contributed by atoms with van der Waals surface area (Å²) in [5.74, 6) is 1.04. The smallest absolute Gasteiger partial charge is 0.245 e. The predicted octanol–water partition coefficient (Wildman–Crippen LogP) is 4.19. The number of carbonyl (C=O) groups excluding carboxylic acids is 3. The minimum Gasteiger partial charge on any atom is -0.328 e. The van der Waals surface area contributed by atoms with E-state index in [9.17, 15) is 14.4 Å². The van der Waals surface area contributed by atoms with Gasteiger partial charge >= 0.3 is 0 Å². The Hall–Kier alpha value is -2.57. The fourth-order valence-corrected chi connectivity index (χ4v) is 6.30. The van der Waals surface area contributed by atoms with Crippen molar-refractivity contribution in [3.63, 3.8) is 0 Å². The van der Waals surface area contributed by atoms with Crippen LogP contribution in [-0.4, -0.2) is 49.2 Å². The molecule has 1 unspecified atom stereocenters. The quantitative estimate of drug-likeness (QED) is 0.591. The number of hydrogen-bond donors (Lipinski definition) is 0. The molecule has 3 fully saturated rings. The Balaban J connectivity index is 1.29. The minimum absolute atomic E-state index is 0.0259. The highest BCUT2D eigenvalue weighted by Crippen LogP contribution is 2.49. The summed E-state index contributed by atoms with van der Waals surface area (Å²) in [5.41, 5.74) is 1.33. The van der Waals surface area contributed by atoms with E-state index in [4.69, 9.17) is 0 Å². The van der Waals surface area contributed by atoms with Gasteiger partial charge in [-0.1, -0.05) is 26.7 Å². The third kappa shape index (κ3) is 4.11. The summed E-state index contributed by atoms with van der Waals surface area (Å²) in [6.45, 7) is 6.17. The summed E-state index contributed by atoms with van der Waals surface area (Å²) < 4.78 is 1.57. The molecule has 7 nitrogen and oxygen atoms in total. The Morgan fingerprint density at radius 1 is 1.18 bits per heavy atom. The van der Waals surface area contributed by atoms with Crippen molar-refractivity contribution in [3.05, 3.63) is 24.2 Å². The van der Waals surface area contributed by atoms with Gasteiger partial charge in [-0.3, -0.25) is 24.0 Å². The first kappa shape index (κ1) is 22.2. The fraction of sp³-hybridized carbons (Fsp3) is 0.654. The van der Waals surface area contributed by atoms with E-state index in [0.29, 0.717) is 40.3 Å². The molecule has 7 heteroatoms. The molecule has 33 heavy (non-hydrogen) atoms. The minimum atomic E-state index is -0.305. The summed E-state index contributed by atoms with van der Waals surface area (Å²) in [7, 11) is 0. The number of nitrogens with zero attached hydrogens (tertiary/aromatic N) is 4. The highest BCUT2D eigenvalue weighted by molar-refractivity contribution is 6.04. The average molecular weight is 451 g/mol. The average Bonchev–Trinajstić information content (AvgIpc) is 3.28. The van der Waals surface area contributed by atoms with Gasteiger partial charge < -0.3 is 4.90 Å². The highest BCUT2D eigenvalue weighted by Gasteiger charge is 2.55. The number of amides is 1. The molecule has 0 bridgehead atoms. The van der Waals surface area contributed by atoms with Crippen LogP contribution in [0, 0.1) is 17.3 Å². The van der Waals surface area contributed by atoms with Gasteiger partial charge in [0.1, 0.15) is 12.2 Å². The van der Waals surface area contributed by atoms with Crippen LogP contribution >= 0.6 is 0 Å². The molecule has 1 aliphatic heterocycles. The van der Waals surface area contributed by atoms with Crippen LogP contribution in [-0.2, 0) is 16.1 Å². The first-order valence-corrected chi connectivity index (χ1v) is 12.4. The van der Waals surface area contributed by atoms with Crippen LogP contribution in [0.2, 0.25) is 0 Å². The van der Waals surface area contributed by atoms with Crippen molar-refractivity contribution < 1.29 is 14.4 Å². The van der Waals surface area contributed by atoms with Crippen LogP contribution in [0.3, 0.4) is 0 Å². The normalized spacial score (nSPS) is 28.0. The van der Waals surface area contributed by atoms with Crippen molar-refractivity contribution in [2.75, 3.05) is 0 Å². The summed E-state index contributed by atoms with van der Waals surface area (Å²) in [5, 5.41) is 5.12. The van der Waals surface area contributed by atoms with Gasteiger partial charge in [0, 0.05) is 31.0 Å². The van der Waals surface area contributed by atoms with Crippen molar-refractivity contribution in [2.24, 2.45) is 17.3 Å². The van der Waals surface area contributed by atoms with E-state index in [2.05, 4.69) is 23.9 Å². The van der Waals surface area contributed by atoms with Crippen LogP contribution in [0.5, 0.6) is 0 Å². The van der Waals surface area contributed by atoms with E-state index in [1.807, 2.05) is 4.90 Å². The number of Topliss-reactive ketones (excluding diaryl/α,β-unsaturated/α-hetero) is 2. The summed E-state index contributed by atoms with van der Waals surface area (Å²) in [4.78, 5) is 44.7.